The van der Waals surface area contributed by atoms with Crippen LogP contribution in [-0.4, -0.2) is 22.2 Å². The van der Waals surface area contributed by atoms with Gasteiger partial charge in [-0.15, -0.1) is 11.3 Å². The highest BCUT2D eigenvalue weighted by Crippen LogP contribution is 2.68. The zero-order valence-corrected chi connectivity index (χ0v) is 15.8. The Morgan fingerprint density at radius 1 is 1.35 bits per heavy atom. The van der Waals surface area contributed by atoms with E-state index in [0.29, 0.717) is 0 Å². The van der Waals surface area contributed by atoms with E-state index in [1.807, 2.05) is 20.8 Å². The fourth-order valence-corrected chi connectivity index (χ4v) is 5.27. The van der Waals surface area contributed by atoms with E-state index in [1.54, 1.807) is 11.3 Å². The molecule has 1 heterocycles. The Morgan fingerprint density at radius 2 is 2.04 bits per heavy atom. The van der Waals surface area contributed by atoms with E-state index in [-0.39, 0.29) is 17.0 Å². The molecule has 1 N–H and O–H groups in total. The zero-order chi connectivity index (χ0) is 16.5. The predicted octanol–water partition coefficient (Wildman–Crippen LogP) is 4.76. The number of nitrogens with one attached hydrogen (secondary N) is 1. The van der Waals surface area contributed by atoms with E-state index in [4.69, 9.17) is 9.72 Å². The van der Waals surface area contributed by atoms with Crippen molar-refractivity contribution < 1.29 is 9.53 Å². The fourth-order valence-electron chi connectivity index (χ4n) is 3.79. The molecule has 3 aliphatic rings. The number of hydrogen-bond donors (Lipinski definition) is 1. The monoisotopic (exact) mass is 394 g/mol. The lowest BCUT2D eigenvalue weighted by atomic mass is 9.39. The van der Waals surface area contributed by atoms with Crippen LogP contribution in [0.1, 0.15) is 45.0 Å². The molecular formula is C17H19BrN2O2S. The molecule has 0 saturated heterocycles. The van der Waals surface area contributed by atoms with E-state index in [0.717, 1.165) is 29.3 Å². The molecule has 2 bridgehead atoms. The molecule has 1 amide bonds. The highest BCUT2D eigenvalue weighted by atomic mass is 79.9. The summed E-state index contributed by atoms with van der Waals surface area (Å²) in [7, 11) is 0. The smallest absolute Gasteiger partial charge is 0.408 e. The van der Waals surface area contributed by atoms with Gasteiger partial charge in [0, 0.05) is 15.4 Å². The minimum absolute atomic E-state index is 0.0687. The average molecular weight is 395 g/mol. The average Bonchev–Trinajstić information content (AvgIpc) is 2.72. The van der Waals surface area contributed by atoms with Gasteiger partial charge in [-0.05, 0) is 58.2 Å². The molecule has 3 saturated carbocycles. The SMILES string of the molecule is CC(C)(C)OC(=O)NC12CC(c3nc4cc(Br)ccc4s3)(C1)C2. The number of rotatable bonds is 2. The molecule has 0 spiro atoms. The van der Waals surface area contributed by atoms with Gasteiger partial charge in [0.15, 0.2) is 0 Å². The van der Waals surface area contributed by atoms with Gasteiger partial charge in [-0.25, -0.2) is 9.78 Å². The van der Waals surface area contributed by atoms with Crippen molar-refractivity contribution >= 4 is 43.6 Å². The Bertz CT molecular complexity index is 789. The molecule has 6 heteroatoms. The molecule has 5 rings (SSSR count). The van der Waals surface area contributed by atoms with Gasteiger partial charge in [-0.3, -0.25) is 0 Å². The van der Waals surface area contributed by atoms with E-state index in [2.05, 4.69) is 39.4 Å². The summed E-state index contributed by atoms with van der Waals surface area (Å²) in [5, 5.41) is 4.27. The Labute approximate surface area is 147 Å². The molecule has 1 aromatic heterocycles. The highest BCUT2D eigenvalue weighted by molar-refractivity contribution is 9.10. The maximum absolute atomic E-state index is 12.0. The van der Waals surface area contributed by atoms with Crippen LogP contribution < -0.4 is 5.32 Å². The van der Waals surface area contributed by atoms with Crippen LogP contribution in [0.15, 0.2) is 22.7 Å². The summed E-state index contributed by atoms with van der Waals surface area (Å²) in [4.78, 5) is 16.8. The number of aromatic nitrogens is 1. The Kier molecular flexibility index (Phi) is 3.14. The van der Waals surface area contributed by atoms with Gasteiger partial charge in [0.05, 0.1) is 10.2 Å². The Balaban J connectivity index is 1.45. The van der Waals surface area contributed by atoms with Gasteiger partial charge in [-0.1, -0.05) is 15.9 Å². The van der Waals surface area contributed by atoms with Gasteiger partial charge < -0.3 is 10.1 Å². The topological polar surface area (TPSA) is 51.2 Å². The summed E-state index contributed by atoms with van der Waals surface area (Å²) in [6.45, 7) is 5.65. The lowest BCUT2D eigenvalue weighted by molar-refractivity contribution is -0.0883. The van der Waals surface area contributed by atoms with Crippen LogP contribution in [-0.2, 0) is 10.2 Å². The van der Waals surface area contributed by atoms with Crippen LogP contribution in [0.4, 0.5) is 4.79 Å². The van der Waals surface area contributed by atoms with Gasteiger partial charge in [-0.2, -0.15) is 0 Å². The summed E-state index contributed by atoms with van der Waals surface area (Å²) in [6.07, 6.45) is 2.61. The number of carbonyl (C=O) groups is 1. The van der Waals surface area contributed by atoms with Crippen LogP contribution in [0.5, 0.6) is 0 Å². The van der Waals surface area contributed by atoms with Gasteiger partial charge in [0.2, 0.25) is 0 Å². The molecule has 0 unspecified atom stereocenters. The van der Waals surface area contributed by atoms with E-state index >= 15 is 0 Å². The van der Waals surface area contributed by atoms with E-state index in [1.165, 1.54) is 9.71 Å². The van der Waals surface area contributed by atoms with Crippen molar-refractivity contribution in [2.24, 2.45) is 0 Å². The molecule has 23 heavy (non-hydrogen) atoms. The lowest BCUT2D eigenvalue weighted by Crippen LogP contribution is -2.76. The second-order valence-electron chi connectivity index (χ2n) is 7.85. The number of ether oxygens (including phenoxy) is 1. The first-order valence-corrected chi connectivity index (χ1v) is 9.38. The first kappa shape index (κ1) is 15.4. The third kappa shape index (κ3) is 2.56. The highest BCUT2D eigenvalue weighted by Gasteiger charge is 2.70. The normalized spacial score (nSPS) is 28.9. The lowest BCUT2D eigenvalue weighted by Gasteiger charge is -2.69. The molecule has 0 radical (unpaired) electrons. The van der Waals surface area contributed by atoms with E-state index in [9.17, 15) is 4.79 Å². The number of amides is 1. The van der Waals surface area contributed by atoms with Crippen molar-refractivity contribution in [1.29, 1.82) is 0 Å². The molecule has 2 aromatic rings. The summed E-state index contributed by atoms with van der Waals surface area (Å²) < 4.78 is 7.65. The number of carbonyl (C=O) groups excluding carboxylic acids is 1. The van der Waals surface area contributed by atoms with E-state index < -0.39 is 5.60 Å². The van der Waals surface area contributed by atoms with Crippen LogP contribution in [0.2, 0.25) is 0 Å². The first-order chi connectivity index (χ1) is 10.7. The summed E-state index contributed by atoms with van der Waals surface area (Å²) in [5.74, 6) is 0. The van der Waals surface area contributed by atoms with Crippen LogP contribution in [0, 0.1) is 0 Å². The number of thiazole rings is 1. The van der Waals surface area contributed by atoms with Crippen molar-refractivity contribution in [3.63, 3.8) is 0 Å². The third-order valence-corrected chi connectivity index (χ3v) is 6.38. The van der Waals surface area contributed by atoms with Crippen molar-refractivity contribution in [2.45, 2.75) is 56.6 Å². The number of hydrogen-bond acceptors (Lipinski definition) is 4. The zero-order valence-electron chi connectivity index (χ0n) is 13.4. The molecule has 1 aromatic carbocycles. The largest absolute Gasteiger partial charge is 0.444 e. The predicted molar refractivity (Wildman–Crippen MR) is 94.9 cm³/mol. The molecular weight excluding hydrogens is 376 g/mol. The number of nitrogens with zero attached hydrogens (tertiary/aromatic N) is 1. The molecule has 122 valence electrons. The maximum atomic E-state index is 12.0. The standard InChI is InChI=1S/C17H19BrN2O2S/c1-15(2,3)22-14(21)20-17-7-16(8-17,9-17)13-19-11-6-10(18)4-5-12(11)23-13/h4-6H,7-9H2,1-3H3,(H,20,21). The summed E-state index contributed by atoms with van der Waals surface area (Å²) >= 11 is 5.27. The third-order valence-electron chi connectivity index (χ3n) is 4.60. The van der Waals surface area contributed by atoms with Crippen LogP contribution in [0.25, 0.3) is 10.2 Å². The minimum atomic E-state index is -0.453. The minimum Gasteiger partial charge on any atom is -0.444 e. The summed E-state index contributed by atoms with van der Waals surface area (Å²) in [5.41, 5.74) is 0.704. The fraction of sp³-hybridized carbons (Fsp3) is 0.529. The number of alkyl carbamates (subject to hydrolysis) is 1. The van der Waals surface area contributed by atoms with Gasteiger partial charge >= 0.3 is 6.09 Å². The Morgan fingerprint density at radius 3 is 2.70 bits per heavy atom. The van der Waals surface area contributed by atoms with Gasteiger partial charge in [0.1, 0.15) is 10.6 Å². The first-order valence-electron chi connectivity index (χ1n) is 7.77. The van der Waals surface area contributed by atoms with Gasteiger partial charge in [0.25, 0.3) is 0 Å². The van der Waals surface area contributed by atoms with Crippen LogP contribution >= 0.6 is 27.3 Å². The second-order valence-corrected chi connectivity index (χ2v) is 9.80. The van der Waals surface area contributed by atoms with Crippen molar-refractivity contribution in [1.82, 2.24) is 10.3 Å². The molecule has 0 atom stereocenters. The molecule has 3 aliphatic carbocycles. The van der Waals surface area contributed by atoms with Crippen molar-refractivity contribution in [3.8, 4) is 0 Å². The molecule has 4 nitrogen and oxygen atoms in total. The number of fused-ring (bicyclic) bond motifs is 1. The molecule has 3 fully saturated rings. The maximum Gasteiger partial charge on any atom is 0.408 e. The molecule has 0 aliphatic heterocycles. The summed E-state index contributed by atoms with van der Waals surface area (Å²) in [6, 6.07) is 6.23. The quantitative estimate of drug-likeness (QED) is 0.798. The number of benzene rings is 1. The Hall–Kier alpha value is -1.14. The van der Waals surface area contributed by atoms with Crippen LogP contribution in [0.3, 0.4) is 0 Å². The van der Waals surface area contributed by atoms with Crippen molar-refractivity contribution in [2.75, 3.05) is 0 Å². The number of halogens is 1. The van der Waals surface area contributed by atoms with Crippen molar-refractivity contribution in [3.05, 3.63) is 27.7 Å². The second kappa shape index (κ2) is 4.70.